The lowest BCUT2D eigenvalue weighted by Crippen LogP contribution is -2.65. The Kier molecular flexibility index (Phi) is 2.09. The van der Waals surface area contributed by atoms with E-state index in [2.05, 4.69) is 25.3 Å². The zero-order valence-electron chi connectivity index (χ0n) is 8.89. The molecule has 2 saturated heterocycles. The van der Waals surface area contributed by atoms with Crippen LogP contribution in [0.3, 0.4) is 0 Å². The number of carbonyl (C=O) groups is 1. The van der Waals surface area contributed by atoms with Gasteiger partial charge in [0.25, 0.3) is 4.87 Å². The van der Waals surface area contributed by atoms with Crippen molar-refractivity contribution >= 4 is 37.1 Å². The minimum Gasteiger partial charge on any atom is -0.461 e. The lowest BCUT2D eigenvalue weighted by atomic mass is 10.1. The second kappa shape index (κ2) is 3.10. The van der Waals surface area contributed by atoms with Gasteiger partial charge in [0.1, 0.15) is 6.54 Å². The quantitative estimate of drug-likeness (QED) is 0.441. The topological polar surface area (TPSA) is 43.6 Å². The number of nitrogens with zero attached hydrogens (tertiary/aromatic N) is 2. The van der Waals surface area contributed by atoms with E-state index in [0.29, 0.717) is 25.9 Å². The molecule has 0 aromatic rings. The number of hydrogen-bond donors (Lipinski definition) is 3. The second-order valence-corrected chi connectivity index (χ2v) is 6.25. The van der Waals surface area contributed by atoms with Crippen LogP contribution in [-0.4, -0.2) is 49.2 Å². The monoisotopic (exact) mass is 259 g/mol. The maximum atomic E-state index is 12.4. The third-order valence-electron chi connectivity index (χ3n) is 3.91. The van der Waals surface area contributed by atoms with Gasteiger partial charge in [-0.1, -0.05) is 12.6 Å². The minimum atomic E-state index is -0.833. The van der Waals surface area contributed by atoms with Crippen molar-refractivity contribution in [3.8, 4) is 0 Å². The molecular formula is C10H15N2O2S2+. The summed E-state index contributed by atoms with van der Waals surface area (Å²) >= 11 is 9.02. The van der Waals surface area contributed by atoms with Crippen LogP contribution in [0.15, 0.2) is 0 Å². The number of carbonyl (C=O) groups excluding carboxylic acids is 1. The van der Waals surface area contributed by atoms with Gasteiger partial charge in [-0.2, -0.15) is 4.58 Å². The SMILES string of the molecule is O=C1N2CCCC2(S)C(O)=[N+]2CCCC12S. The molecule has 1 N–H and O–H groups in total. The summed E-state index contributed by atoms with van der Waals surface area (Å²) in [5.74, 6) is 0.207. The molecule has 1 amide bonds. The number of fused-ring (bicyclic) bond motifs is 2. The molecule has 0 aromatic carbocycles. The van der Waals surface area contributed by atoms with E-state index in [-0.39, 0.29) is 11.8 Å². The second-order valence-electron chi connectivity index (χ2n) is 4.77. The molecule has 0 aliphatic carbocycles. The number of aliphatic hydroxyl groups excluding tert-OH is 1. The van der Waals surface area contributed by atoms with Crippen LogP contribution in [-0.2, 0) is 4.79 Å². The Hall–Kier alpha value is -0.360. The Morgan fingerprint density at radius 3 is 2.81 bits per heavy atom. The Balaban J connectivity index is 2.21. The fraction of sp³-hybridized carbons (Fsp3) is 0.800. The Labute approximate surface area is 105 Å². The fourth-order valence-corrected chi connectivity index (χ4v) is 3.99. The van der Waals surface area contributed by atoms with Crippen LogP contribution in [0.1, 0.15) is 25.7 Å². The van der Waals surface area contributed by atoms with E-state index in [1.807, 2.05) is 0 Å². The molecule has 0 spiro atoms. The highest BCUT2D eigenvalue weighted by Crippen LogP contribution is 2.44. The fourth-order valence-electron chi connectivity index (χ4n) is 3.04. The first kappa shape index (κ1) is 10.8. The van der Waals surface area contributed by atoms with Crippen LogP contribution >= 0.6 is 25.3 Å². The highest BCUT2D eigenvalue weighted by atomic mass is 32.1. The Morgan fingerprint density at radius 2 is 2.06 bits per heavy atom. The molecule has 2 fully saturated rings. The predicted molar refractivity (Wildman–Crippen MR) is 66.4 cm³/mol. The number of amides is 1. The molecule has 4 nitrogen and oxygen atoms in total. The Bertz CT molecular complexity index is 412. The smallest absolute Gasteiger partial charge is 0.372 e. The van der Waals surface area contributed by atoms with Crippen LogP contribution in [0.2, 0.25) is 0 Å². The molecule has 3 heterocycles. The first-order chi connectivity index (χ1) is 7.50. The van der Waals surface area contributed by atoms with Crippen molar-refractivity contribution in [1.29, 1.82) is 0 Å². The Morgan fingerprint density at radius 1 is 1.31 bits per heavy atom. The normalized spacial score (nSPS) is 42.6. The standard InChI is InChI=1S/C10H14N2O2S2/c13-7-9(15)3-1-5-11(9)8(14)10(16)4-2-6-12(7)10/h15-16H,1-6H2/p+1. The summed E-state index contributed by atoms with van der Waals surface area (Å²) in [7, 11) is 0. The maximum Gasteiger partial charge on any atom is 0.372 e. The van der Waals surface area contributed by atoms with Gasteiger partial charge in [0, 0.05) is 19.4 Å². The maximum absolute atomic E-state index is 12.4. The van der Waals surface area contributed by atoms with Gasteiger partial charge in [0.15, 0.2) is 0 Å². The first-order valence-corrected chi connectivity index (χ1v) is 6.50. The summed E-state index contributed by atoms with van der Waals surface area (Å²) in [6.07, 6.45) is 3.18. The molecule has 2 unspecified atom stereocenters. The van der Waals surface area contributed by atoms with Crippen LogP contribution in [0.5, 0.6) is 0 Å². The molecule has 3 rings (SSSR count). The number of aliphatic hydroxyl groups is 1. The lowest BCUT2D eigenvalue weighted by molar-refractivity contribution is -0.558. The van der Waals surface area contributed by atoms with E-state index >= 15 is 0 Å². The summed E-state index contributed by atoms with van der Waals surface area (Å²) in [6.45, 7) is 1.36. The number of thiol groups is 2. The van der Waals surface area contributed by atoms with Crippen molar-refractivity contribution in [2.75, 3.05) is 13.1 Å². The average Bonchev–Trinajstić information content (AvgIpc) is 2.81. The highest BCUT2D eigenvalue weighted by Gasteiger charge is 2.65. The molecule has 0 bridgehead atoms. The van der Waals surface area contributed by atoms with E-state index in [1.165, 1.54) is 0 Å². The van der Waals surface area contributed by atoms with Gasteiger partial charge in [0.05, 0.1) is 0 Å². The minimum absolute atomic E-state index is 0.00127. The zero-order chi connectivity index (χ0) is 11.6. The molecule has 0 aromatic heterocycles. The molecule has 88 valence electrons. The molecule has 0 radical (unpaired) electrons. The first-order valence-electron chi connectivity index (χ1n) is 5.61. The van der Waals surface area contributed by atoms with Gasteiger partial charge < -0.3 is 10.0 Å². The molecular weight excluding hydrogens is 244 g/mol. The van der Waals surface area contributed by atoms with Crippen LogP contribution in [0, 0.1) is 0 Å². The molecule has 6 heteroatoms. The van der Waals surface area contributed by atoms with E-state index in [4.69, 9.17) is 0 Å². The van der Waals surface area contributed by atoms with E-state index in [1.54, 1.807) is 9.48 Å². The number of hydrogen-bond acceptors (Lipinski definition) is 3. The van der Waals surface area contributed by atoms with Crippen molar-refractivity contribution in [2.45, 2.75) is 35.4 Å². The summed E-state index contributed by atoms with van der Waals surface area (Å²) in [4.78, 5) is 12.5. The van der Waals surface area contributed by atoms with E-state index in [9.17, 15) is 9.90 Å². The predicted octanol–water partition coefficient (Wildman–Crippen LogP) is 0.637. The lowest BCUT2D eigenvalue weighted by Gasteiger charge is -2.38. The molecule has 3 aliphatic rings. The van der Waals surface area contributed by atoms with Crippen LogP contribution < -0.4 is 0 Å². The van der Waals surface area contributed by atoms with Crippen molar-refractivity contribution in [3.63, 3.8) is 0 Å². The molecule has 3 aliphatic heterocycles. The van der Waals surface area contributed by atoms with Gasteiger partial charge in [-0.05, 0) is 12.8 Å². The summed E-state index contributed by atoms with van der Waals surface area (Å²) in [6, 6.07) is 0. The average molecular weight is 259 g/mol. The molecule has 16 heavy (non-hydrogen) atoms. The van der Waals surface area contributed by atoms with Crippen LogP contribution in [0.25, 0.3) is 0 Å². The third kappa shape index (κ3) is 1.05. The summed E-state index contributed by atoms with van der Waals surface area (Å²) < 4.78 is 1.73. The van der Waals surface area contributed by atoms with Gasteiger partial charge in [-0.25, -0.2) is 0 Å². The largest absolute Gasteiger partial charge is 0.461 e. The van der Waals surface area contributed by atoms with Gasteiger partial charge >= 0.3 is 11.8 Å². The van der Waals surface area contributed by atoms with Crippen molar-refractivity contribution < 1.29 is 14.5 Å². The van der Waals surface area contributed by atoms with E-state index in [0.717, 1.165) is 12.8 Å². The van der Waals surface area contributed by atoms with Crippen molar-refractivity contribution in [3.05, 3.63) is 0 Å². The van der Waals surface area contributed by atoms with Crippen molar-refractivity contribution in [1.82, 2.24) is 4.90 Å². The van der Waals surface area contributed by atoms with Crippen LogP contribution in [0.4, 0.5) is 0 Å². The third-order valence-corrected chi connectivity index (χ3v) is 5.23. The van der Waals surface area contributed by atoms with Gasteiger partial charge in [0.2, 0.25) is 4.87 Å². The molecule has 2 atom stereocenters. The molecule has 0 saturated carbocycles. The highest BCUT2D eigenvalue weighted by molar-refractivity contribution is 7.83. The summed E-state index contributed by atoms with van der Waals surface area (Å²) in [5.41, 5.74) is 0. The number of rotatable bonds is 0. The van der Waals surface area contributed by atoms with Crippen molar-refractivity contribution in [2.24, 2.45) is 0 Å². The van der Waals surface area contributed by atoms with E-state index < -0.39 is 9.74 Å². The summed E-state index contributed by atoms with van der Waals surface area (Å²) in [5, 5.41) is 10.3. The van der Waals surface area contributed by atoms with Gasteiger partial charge in [-0.15, -0.1) is 12.6 Å². The zero-order valence-corrected chi connectivity index (χ0v) is 10.7. The van der Waals surface area contributed by atoms with Gasteiger partial charge in [-0.3, -0.25) is 4.79 Å².